The van der Waals surface area contributed by atoms with Crippen LogP contribution in [0.15, 0.2) is 34.8 Å². The van der Waals surface area contributed by atoms with Crippen LogP contribution in [0.1, 0.15) is 20.3 Å². The summed E-state index contributed by atoms with van der Waals surface area (Å²) in [5.74, 6) is -2.98. The number of anilines is 1. The highest BCUT2D eigenvalue weighted by Gasteiger charge is 2.61. The normalized spacial score (nSPS) is 27.1. The molecule has 0 spiro atoms. The van der Waals surface area contributed by atoms with Crippen LogP contribution in [-0.2, 0) is 23.9 Å². The molecule has 4 rings (SSSR count). The third kappa shape index (κ3) is 3.91. The van der Waals surface area contributed by atoms with E-state index < -0.39 is 24.5 Å². The van der Waals surface area contributed by atoms with Gasteiger partial charge in [-0.05, 0) is 42.4 Å². The van der Waals surface area contributed by atoms with Crippen molar-refractivity contribution < 1.29 is 23.9 Å². The second-order valence-electron chi connectivity index (χ2n) is 8.52. The molecule has 2 fully saturated rings. The fraction of sp³-hybridized carbons (Fsp3) is 0.455. The van der Waals surface area contributed by atoms with Gasteiger partial charge in [-0.1, -0.05) is 53.5 Å². The maximum Gasteiger partial charge on any atom is 0.330 e. The Morgan fingerprint density at radius 1 is 1.19 bits per heavy atom. The van der Waals surface area contributed by atoms with E-state index in [1.54, 1.807) is 32.0 Å². The van der Waals surface area contributed by atoms with Crippen molar-refractivity contribution in [2.75, 3.05) is 11.9 Å². The molecule has 1 aliphatic heterocycles. The molecule has 2 bridgehead atoms. The quantitative estimate of drug-likeness (QED) is 0.360. The van der Waals surface area contributed by atoms with Gasteiger partial charge in [-0.25, -0.2) is 4.79 Å². The van der Waals surface area contributed by atoms with Gasteiger partial charge in [0.25, 0.3) is 5.91 Å². The molecule has 1 heterocycles. The average molecular weight is 510 g/mol. The number of ether oxygens (including phenoxy) is 1. The van der Waals surface area contributed by atoms with Crippen molar-refractivity contribution in [1.29, 1.82) is 0 Å². The molecule has 3 aliphatic rings. The number of esters is 1. The van der Waals surface area contributed by atoms with Gasteiger partial charge >= 0.3 is 5.97 Å². The van der Waals surface area contributed by atoms with Gasteiger partial charge in [0.1, 0.15) is 6.04 Å². The number of benzene rings is 1. The van der Waals surface area contributed by atoms with Crippen molar-refractivity contribution in [3.63, 3.8) is 0 Å². The van der Waals surface area contributed by atoms with Gasteiger partial charge in [-0.15, -0.1) is 0 Å². The molecule has 0 radical (unpaired) electrons. The van der Waals surface area contributed by atoms with Crippen LogP contribution in [0, 0.1) is 29.6 Å². The number of carbonyl (C=O) groups excluding carboxylic acids is 4. The zero-order chi connectivity index (χ0) is 22.4. The minimum Gasteiger partial charge on any atom is -0.454 e. The number of nitrogens with zero attached hydrogens (tertiary/aromatic N) is 1. The number of carbonyl (C=O) groups is 4. The first-order chi connectivity index (χ1) is 14.7. The lowest BCUT2D eigenvalue weighted by Gasteiger charge is -2.28. The monoisotopic (exact) mass is 508 g/mol. The van der Waals surface area contributed by atoms with E-state index in [-0.39, 0.29) is 41.4 Å². The number of hydrogen-bond acceptors (Lipinski definition) is 5. The molecule has 9 heteroatoms. The number of allylic oxidation sites excluding steroid dienone is 2. The fourth-order valence-electron chi connectivity index (χ4n) is 4.87. The summed E-state index contributed by atoms with van der Waals surface area (Å²) in [5.41, 5.74) is 0.382. The van der Waals surface area contributed by atoms with Crippen LogP contribution < -0.4 is 5.32 Å². The summed E-state index contributed by atoms with van der Waals surface area (Å²) in [4.78, 5) is 52.2. The van der Waals surface area contributed by atoms with Gasteiger partial charge in [-0.3, -0.25) is 19.3 Å². The zero-order valence-corrected chi connectivity index (χ0v) is 19.4. The Morgan fingerprint density at radius 3 is 2.35 bits per heavy atom. The molecule has 0 unspecified atom stereocenters. The van der Waals surface area contributed by atoms with Crippen LogP contribution in [-0.4, -0.2) is 41.2 Å². The number of hydrogen-bond donors (Lipinski definition) is 1. The number of likely N-dealkylation sites (tertiary alicyclic amines) is 1. The number of amides is 3. The third-order valence-corrected chi connectivity index (χ3v) is 7.01. The number of halogens is 2. The Morgan fingerprint density at radius 2 is 1.81 bits per heavy atom. The molecule has 5 atom stereocenters. The van der Waals surface area contributed by atoms with Crippen molar-refractivity contribution >= 4 is 56.9 Å². The van der Waals surface area contributed by atoms with Crippen LogP contribution >= 0.6 is 27.5 Å². The number of nitrogens with one attached hydrogen (secondary N) is 1. The summed E-state index contributed by atoms with van der Waals surface area (Å²) < 4.78 is 5.96. The number of imide groups is 1. The third-order valence-electron chi connectivity index (χ3n) is 6.21. The average Bonchev–Trinajstić information content (AvgIpc) is 3.38. The van der Waals surface area contributed by atoms with Gasteiger partial charge in [0.2, 0.25) is 11.8 Å². The second-order valence-corrected chi connectivity index (χ2v) is 9.84. The van der Waals surface area contributed by atoms with Crippen molar-refractivity contribution in [1.82, 2.24) is 4.90 Å². The van der Waals surface area contributed by atoms with E-state index in [1.165, 1.54) is 0 Å². The molecule has 7 nitrogen and oxygen atoms in total. The largest absolute Gasteiger partial charge is 0.454 e. The fourth-order valence-corrected chi connectivity index (χ4v) is 5.60. The molecule has 2 aliphatic carbocycles. The van der Waals surface area contributed by atoms with Gasteiger partial charge in [0.15, 0.2) is 6.61 Å². The predicted octanol–water partition coefficient (Wildman–Crippen LogP) is 3.42. The molecular weight excluding hydrogens is 488 g/mol. The van der Waals surface area contributed by atoms with Crippen LogP contribution in [0.4, 0.5) is 5.69 Å². The van der Waals surface area contributed by atoms with Crippen LogP contribution in [0.2, 0.25) is 5.02 Å². The topological polar surface area (TPSA) is 92.8 Å². The number of rotatable bonds is 6. The minimum absolute atomic E-state index is 0.0571. The van der Waals surface area contributed by atoms with Crippen molar-refractivity contribution in [2.45, 2.75) is 26.3 Å². The van der Waals surface area contributed by atoms with E-state index in [9.17, 15) is 19.2 Å². The van der Waals surface area contributed by atoms with E-state index in [0.29, 0.717) is 10.7 Å². The van der Waals surface area contributed by atoms with E-state index in [0.717, 1.165) is 15.8 Å². The highest BCUT2D eigenvalue weighted by atomic mass is 79.9. The Hall–Kier alpha value is -2.19. The number of fused-ring (bicyclic) bond motifs is 5. The van der Waals surface area contributed by atoms with Gasteiger partial charge in [0.05, 0.1) is 22.5 Å². The van der Waals surface area contributed by atoms with Crippen LogP contribution in [0.5, 0.6) is 0 Å². The smallest absolute Gasteiger partial charge is 0.330 e. The summed E-state index contributed by atoms with van der Waals surface area (Å²) in [6, 6.07) is 3.90. The lowest BCUT2D eigenvalue weighted by atomic mass is 9.85. The van der Waals surface area contributed by atoms with Gasteiger partial charge in [-0.2, -0.15) is 0 Å². The maximum atomic E-state index is 13.0. The Labute approximate surface area is 193 Å². The minimum atomic E-state index is -1.06. The molecule has 3 amide bonds. The second kappa shape index (κ2) is 8.39. The Bertz CT molecular complexity index is 964. The molecule has 1 aromatic carbocycles. The molecule has 1 saturated heterocycles. The molecule has 31 heavy (non-hydrogen) atoms. The highest BCUT2D eigenvalue weighted by molar-refractivity contribution is 9.10. The van der Waals surface area contributed by atoms with E-state index in [4.69, 9.17) is 16.3 Å². The molecule has 0 aromatic heterocycles. The zero-order valence-electron chi connectivity index (χ0n) is 17.0. The van der Waals surface area contributed by atoms with Crippen molar-refractivity contribution in [3.05, 3.63) is 39.8 Å². The van der Waals surface area contributed by atoms with E-state index in [2.05, 4.69) is 21.2 Å². The molecule has 164 valence electrons. The van der Waals surface area contributed by atoms with Gasteiger partial charge in [0, 0.05) is 4.47 Å². The SMILES string of the molecule is CC(C)[C@H](C(=O)OCC(=O)Nc1ccc(Br)cc1Cl)N1C(=O)[C@@H]2[C@@H](C1=O)[C@H]1C=C[C@H]2C1. The first kappa shape index (κ1) is 22.0. The molecular formula is C22H22BrClN2O5. The van der Waals surface area contributed by atoms with E-state index >= 15 is 0 Å². The molecule has 1 N–H and O–H groups in total. The maximum absolute atomic E-state index is 13.0. The van der Waals surface area contributed by atoms with Crippen LogP contribution in [0.25, 0.3) is 0 Å². The lowest BCUT2D eigenvalue weighted by molar-refractivity contribution is -0.162. The summed E-state index contributed by atoms with van der Waals surface area (Å²) in [7, 11) is 0. The van der Waals surface area contributed by atoms with Crippen molar-refractivity contribution in [3.8, 4) is 0 Å². The molecule has 1 aromatic rings. The van der Waals surface area contributed by atoms with Crippen LogP contribution in [0.3, 0.4) is 0 Å². The summed E-state index contributed by atoms with van der Waals surface area (Å²) in [6.45, 7) is 2.94. The lowest BCUT2D eigenvalue weighted by Crippen LogP contribution is -2.50. The summed E-state index contributed by atoms with van der Waals surface area (Å²) in [5, 5.41) is 2.91. The Balaban J connectivity index is 1.42. The highest BCUT2D eigenvalue weighted by Crippen LogP contribution is 2.53. The van der Waals surface area contributed by atoms with Crippen molar-refractivity contribution in [2.24, 2.45) is 29.6 Å². The predicted molar refractivity (Wildman–Crippen MR) is 117 cm³/mol. The van der Waals surface area contributed by atoms with E-state index in [1.807, 2.05) is 12.2 Å². The molecule has 1 saturated carbocycles. The first-order valence-electron chi connectivity index (χ1n) is 10.2. The first-order valence-corrected chi connectivity index (χ1v) is 11.3. The standard InChI is InChI=1S/C22H22BrClN2O5/c1-10(2)19(26-20(28)17-11-3-4-12(7-11)18(17)21(26)29)22(30)31-9-16(27)25-15-6-5-13(23)8-14(15)24/h3-6,8,10-12,17-19H,7,9H2,1-2H3,(H,25,27)/t11-,12-,17-,18-,19+/m0/s1. The summed E-state index contributed by atoms with van der Waals surface area (Å²) in [6.07, 6.45) is 4.82. The van der Waals surface area contributed by atoms with Gasteiger partial charge < -0.3 is 10.1 Å². The summed E-state index contributed by atoms with van der Waals surface area (Å²) >= 11 is 9.36. The Kier molecular flexibility index (Phi) is 5.96.